The molecule has 3 aromatic heterocycles. The zero-order valence-corrected chi connectivity index (χ0v) is 18.4. The largest absolute Gasteiger partial charge is 0.507 e. The number of phenolic OH excluding ortho intramolecular Hbond substituents is 1. The van der Waals surface area contributed by atoms with Crippen LogP contribution in [0.5, 0.6) is 5.75 Å². The number of benzene rings is 1. The number of fused-ring (bicyclic) bond motifs is 1. The maximum atomic E-state index is 14.9. The Balaban J connectivity index is 1.52. The van der Waals surface area contributed by atoms with E-state index in [4.69, 9.17) is 0 Å². The fourth-order valence-corrected chi connectivity index (χ4v) is 4.98. The Kier molecular flexibility index (Phi) is 4.52. The van der Waals surface area contributed by atoms with Gasteiger partial charge in [0.1, 0.15) is 22.8 Å². The van der Waals surface area contributed by atoms with Crippen LogP contribution in [-0.4, -0.2) is 51.6 Å². The third-order valence-electron chi connectivity index (χ3n) is 5.89. The van der Waals surface area contributed by atoms with Gasteiger partial charge in [-0.15, -0.1) is 15.3 Å². The van der Waals surface area contributed by atoms with Crippen LogP contribution in [0.4, 0.5) is 4.39 Å². The first-order chi connectivity index (χ1) is 15.1. The predicted molar refractivity (Wildman–Crippen MR) is 117 cm³/mol. The molecule has 32 heavy (non-hydrogen) atoms. The number of aromatic nitrogens is 7. The van der Waals surface area contributed by atoms with E-state index in [2.05, 4.69) is 63.7 Å². The van der Waals surface area contributed by atoms with Crippen molar-refractivity contribution in [1.29, 1.82) is 0 Å². The number of piperidine rings is 1. The average molecular weight is 436 g/mol. The molecule has 9 nitrogen and oxygen atoms in total. The Morgan fingerprint density at radius 2 is 1.78 bits per heavy atom. The number of hydrogen-bond acceptors (Lipinski definition) is 7. The molecule has 1 aromatic carbocycles. The van der Waals surface area contributed by atoms with Crippen molar-refractivity contribution in [3.8, 4) is 28.1 Å². The highest BCUT2D eigenvalue weighted by molar-refractivity contribution is 5.79. The van der Waals surface area contributed by atoms with Crippen LogP contribution in [0.25, 0.3) is 33.5 Å². The number of aromatic hydroxyl groups is 1. The summed E-state index contributed by atoms with van der Waals surface area (Å²) < 4.78 is 16.8. The van der Waals surface area contributed by atoms with Gasteiger partial charge in [0.05, 0.1) is 17.8 Å². The zero-order chi connectivity index (χ0) is 22.7. The summed E-state index contributed by atoms with van der Waals surface area (Å²) in [7, 11) is 0. The van der Waals surface area contributed by atoms with Gasteiger partial charge in [0.15, 0.2) is 0 Å². The molecule has 0 bridgehead atoms. The van der Waals surface area contributed by atoms with Crippen LogP contribution in [0.15, 0.2) is 30.6 Å². The topological polar surface area (TPSA) is 117 Å². The van der Waals surface area contributed by atoms with Crippen molar-refractivity contribution in [3.05, 3.63) is 36.4 Å². The van der Waals surface area contributed by atoms with E-state index in [1.165, 1.54) is 12.1 Å². The van der Waals surface area contributed by atoms with Crippen LogP contribution < -0.4 is 5.32 Å². The van der Waals surface area contributed by atoms with Gasteiger partial charge < -0.3 is 10.4 Å². The molecular formula is C22H25FN8O. The lowest BCUT2D eigenvalue weighted by Gasteiger charge is -2.46. The van der Waals surface area contributed by atoms with Crippen LogP contribution in [0.2, 0.25) is 0 Å². The molecule has 4 heterocycles. The van der Waals surface area contributed by atoms with Gasteiger partial charge >= 0.3 is 0 Å². The van der Waals surface area contributed by atoms with E-state index in [-0.39, 0.29) is 34.1 Å². The van der Waals surface area contributed by atoms with Crippen LogP contribution in [0, 0.1) is 5.82 Å². The molecule has 0 amide bonds. The summed E-state index contributed by atoms with van der Waals surface area (Å²) in [4.78, 5) is 0. The van der Waals surface area contributed by atoms with Gasteiger partial charge in [-0.25, -0.2) is 9.07 Å². The van der Waals surface area contributed by atoms with Crippen molar-refractivity contribution < 1.29 is 9.50 Å². The van der Waals surface area contributed by atoms with E-state index in [9.17, 15) is 9.50 Å². The molecule has 166 valence electrons. The van der Waals surface area contributed by atoms with Gasteiger partial charge in [-0.1, -0.05) is 5.21 Å². The van der Waals surface area contributed by atoms with Gasteiger partial charge in [0.2, 0.25) is 5.65 Å². The fourth-order valence-electron chi connectivity index (χ4n) is 4.98. The zero-order valence-electron chi connectivity index (χ0n) is 18.4. The van der Waals surface area contributed by atoms with E-state index in [1.807, 2.05) is 4.68 Å². The molecular weight excluding hydrogens is 411 g/mol. The molecule has 0 aliphatic carbocycles. The normalized spacial score (nSPS) is 18.3. The molecule has 0 spiro atoms. The number of nitrogens with zero attached hydrogens (tertiary/aromatic N) is 6. The first-order valence-corrected chi connectivity index (χ1v) is 10.5. The molecule has 0 atom stereocenters. The third-order valence-corrected chi connectivity index (χ3v) is 5.89. The summed E-state index contributed by atoms with van der Waals surface area (Å²) in [5.74, 6) is -0.840. The molecule has 1 aliphatic rings. The van der Waals surface area contributed by atoms with E-state index >= 15 is 0 Å². The first kappa shape index (κ1) is 20.5. The molecule has 0 radical (unpaired) electrons. The standard InChI is InChI=1S/C22H25FN8O/c1-21(2)8-14(9-22(3,4)29-21)31-20-17(27-30-31)7-16(26-28-20)19-15(23)5-12(6-18(19)32)13-10-24-25-11-13/h5-7,10-11,14,29,32H,8-9H2,1-4H3,(H,24,25). The SMILES string of the molecule is CC1(C)CC(n2nnc3cc(-c4c(O)cc(-c5cn[nH]c5)cc4F)nnc32)CC(C)(C)N1. The van der Waals surface area contributed by atoms with Crippen molar-refractivity contribution >= 4 is 11.2 Å². The van der Waals surface area contributed by atoms with Crippen molar-refractivity contribution in [2.45, 2.75) is 57.7 Å². The number of halogens is 1. The second kappa shape index (κ2) is 7.06. The van der Waals surface area contributed by atoms with Crippen LogP contribution >= 0.6 is 0 Å². The fraction of sp³-hybridized carbons (Fsp3) is 0.409. The number of aromatic amines is 1. The molecule has 0 unspecified atom stereocenters. The smallest absolute Gasteiger partial charge is 0.201 e. The second-order valence-corrected chi connectivity index (χ2v) is 9.77. The van der Waals surface area contributed by atoms with Crippen molar-refractivity contribution in [1.82, 2.24) is 40.7 Å². The Labute approximate surface area is 184 Å². The van der Waals surface area contributed by atoms with Gasteiger partial charge in [0.25, 0.3) is 0 Å². The van der Waals surface area contributed by atoms with Gasteiger partial charge in [-0.3, -0.25) is 5.10 Å². The van der Waals surface area contributed by atoms with E-state index in [0.717, 1.165) is 12.8 Å². The minimum absolute atomic E-state index is 0.0228. The van der Waals surface area contributed by atoms with E-state index in [1.54, 1.807) is 18.5 Å². The van der Waals surface area contributed by atoms with Crippen LogP contribution in [0.1, 0.15) is 46.6 Å². The molecule has 1 saturated heterocycles. The molecule has 1 aliphatic heterocycles. The maximum Gasteiger partial charge on any atom is 0.201 e. The molecule has 4 aromatic rings. The number of phenols is 1. The molecule has 5 rings (SSSR count). The summed E-state index contributed by atoms with van der Waals surface area (Å²) in [6.07, 6.45) is 4.91. The van der Waals surface area contributed by atoms with Gasteiger partial charge in [-0.05, 0) is 64.3 Å². The highest BCUT2D eigenvalue weighted by Gasteiger charge is 2.39. The Hall–Kier alpha value is -3.40. The monoisotopic (exact) mass is 436 g/mol. The van der Waals surface area contributed by atoms with E-state index < -0.39 is 5.82 Å². The Morgan fingerprint density at radius 1 is 1.03 bits per heavy atom. The lowest BCUT2D eigenvalue weighted by molar-refractivity contribution is 0.127. The molecule has 0 saturated carbocycles. The van der Waals surface area contributed by atoms with Crippen LogP contribution in [-0.2, 0) is 0 Å². The van der Waals surface area contributed by atoms with Crippen molar-refractivity contribution in [2.75, 3.05) is 0 Å². The summed E-state index contributed by atoms with van der Waals surface area (Å²) in [5.41, 5.74) is 2.27. The first-order valence-electron chi connectivity index (χ1n) is 10.5. The highest BCUT2D eigenvalue weighted by atomic mass is 19.1. The van der Waals surface area contributed by atoms with Gasteiger partial charge in [-0.2, -0.15) is 5.10 Å². The Morgan fingerprint density at radius 3 is 2.44 bits per heavy atom. The number of hydrogen-bond donors (Lipinski definition) is 3. The summed E-state index contributed by atoms with van der Waals surface area (Å²) >= 11 is 0. The Bertz CT molecular complexity index is 1260. The summed E-state index contributed by atoms with van der Waals surface area (Å²) in [5, 5.41) is 37.9. The number of nitrogens with one attached hydrogen (secondary N) is 2. The minimum Gasteiger partial charge on any atom is -0.507 e. The lowest BCUT2D eigenvalue weighted by Crippen LogP contribution is -2.58. The molecule has 10 heteroatoms. The number of rotatable bonds is 3. The van der Waals surface area contributed by atoms with Crippen molar-refractivity contribution in [3.63, 3.8) is 0 Å². The van der Waals surface area contributed by atoms with Crippen LogP contribution in [0.3, 0.4) is 0 Å². The minimum atomic E-state index is -0.607. The predicted octanol–water partition coefficient (Wildman–Crippen LogP) is 3.60. The number of H-pyrrole nitrogens is 1. The second-order valence-electron chi connectivity index (χ2n) is 9.77. The molecule has 3 N–H and O–H groups in total. The summed E-state index contributed by atoms with van der Waals surface area (Å²) in [6, 6.07) is 4.53. The third kappa shape index (κ3) is 3.60. The summed E-state index contributed by atoms with van der Waals surface area (Å²) in [6.45, 7) is 8.68. The lowest BCUT2D eigenvalue weighted by atomic mass is 9.80. The van der Waals surface area contributed by atoms with Crippen molar-refractivity contribution in [2.24, 2.45) is 0 Å². The molecule has 1 fully saturated rings. The highest BCUT2D eigenvalue weighted by Crippen LogP contribution is 2.38. The quantitative estimate of drug-likeness (QED) is 0.449. The van der Waals surface area contributed by atoms with Gasteiger partial charge in [0, 0.05) is 22.8 Å². The maximum absolute atomic E-state index is 14.9. The average Bonchev–Trinajstić information content (AvgIpc) is 3.35. The van der Waals surface area contributed by atoms with E-state index in [0.29, 0.717) is 22.3 Å².